The Labute approximate surface area is 124 Å². The van der Waals surface area contributed by atoms with E-state index >= 15 is 0 Å². The van der Waals surface area contributed by atoms with E-state index in [9.17, 15) is 9.59 Å². The second kappa shape index (κ2) is 8.90. The molecule has 0 aromatic carbocycles. The predicted molar refractivity (Wildman–Crippen MR) is 80.7 cm³/mol. The Balaban J connectivity index is 0.00000289. The van der Waals surface area contributed by atoms with Crippen molar-refractivity contribution >= 4 is 41.8 Å². The second-order valence-electron chi connectivity index (χ2n) is 3.73. The first-order valence-electron chi connectivity index (χ1n) is 5.63. The SMILES string of the molecule is C=CCNC(N)=NCCN1C(=O)CCCC1=O.I. The third kappa shape index (κ3) is 5.48. The number of guanidine groups is 1. The van der Waals surface area contributed by atoms with Crippen LogP contribution in [0.3, 0.4) is 0 Å². The van der Waals surface area contributed by atoms with Crippen LogP contribution in [0, 0.1) is 0 Å². The van der Waals surface area contributed by atoms with Gasteiger partial charge >= 0.3 is 0 Å². The van der Waals surface area contributed by atoms with Crippen LogP contribution in [0.5, 0.6) is 0 Å². The van der Waals surface area contributed by atoms with Gasteiger partial charge in [-0.05, 0) is 6.42 Å². The minimum atomic E-state index is -0.117. The molecule has 1 rings (SSSR count). The Hall–Kier alpha value is -1.12. The molecule has 0 unspecified atom stereocenters. The van der Waals surface area contributed by atoms with Crippen LogP contribution in [0.1, 0.15) is 19.3 Å². The van der Waals surface area contributed by atoms with E-state index in [1.807, 2.05) is 0 Å². The van der Waals surface area contributed by atoms with Gasteiger partial charge in [0.05, 0.1) is 6.54 Å². The van der Waals surface area contributed by atoms with Crippen LogP contribution < -0.4 is 11.1 Å². The van der Waals surface area contributed by atoms with Crippen molar-refractivity contribution in [2.45, 2.75) is 19.3 Å². The highest BCUT2D eigenvalue weighted by atomic mass is 127. The molecule has 0 radical (unpaired) electrons. The normalized spacial score (nSPS) is 16.2. The van der Waals surface area contributed by atoms with Crippen LogP contribution in [0.25, 0.3) is 0 Å². The molecule has 1 aliphatic rings. The minimum Gasteiger partial charge on any atom is -0.370 e. The van der Waals surface area contributed by atoms with Gasteiger partial charge in [-0.1, -0.05) is 6.08 Å². The molecule has 0 aromatic heterocycles. The standard InChI is InChI=1S/C11H18N4O2.HI/c1-2-6-13-11(12)14-7-8-15-9(16)4-3-5-10(15)17;/h2H,1,3-8H2,(H3,12,13,14);1H. The van der Waals surface area contributed by atoms with Gasteiger partial charge in [0.2, 0.25) is 11.8 Å². The minimum absolute atomic E-state index is 0. The van der Waals surface area contributed by atoms with Gasteiger partial charge in [-0.3, -0.25) is 19.5 Å². The fourth-order valence-corrected chi connectivity index (χ4v) is 1.55. The smallest absolute Gasteiger partial charge is 0.229 e. The first-order valence-corrected chi connectivity index (χ1v) is 5.63. The topological polar surface area (TPSA) is 87.8 Å². The molecule has 2 amide bonds. The molecule has 0 bridgehead atoms. The molecule has 1 heterocycles. The summed E-state index contributed by atoms with van der Waals surface area (Å²) in [4.78, 5) is 28.2. The number of carbonyl (C=O) groups is 2. The highest BCUT2D eigenvalue weighted by molar-refractivity contribution is 14.0. The number of nitrogens with zero attached hydrogens (tertiary/aromatic N) is 2. The number of hydrogen-bond acceptors (Lipinski definition) is 3. The summed E-state index contributed by atoms with van der Waals surface area (Å²) < 4.78 is 0. The number of nitrogens with one attached hydrogen (secondary N) is 1. The Bertz CT molecular complexity index is 328. The molecule has 0 saturated carbocycles. The molecule has 3 N–H and O–H groups in total. The Kier molecular flexibility index (Phi) is 8.34. The molecule has 1 aliphatic heterocycles. The van der Waals surface area contributed by atoms with Crippen molar-refractivity contribution in [3.05, 3.63) is 12.7 Å². The number of aliphatic imine (C=N–C) groups is 1. The Morgan fingerprint density at radius 3 is 2.61 bits per heavy atom. The maximum absolute atomic E-state index is 11.4. The number of piperidine rings is 1. The molecule has 0 aromatic rings. The van der Waals surface area contributed by atoms with Crippen molar-refractivity contribution in [2.24, 2.45) is 10.7 Å². The molecule has 0 atom stereocenters. The monoisotopic (exact) mass is 366 g/mol. The van der Waals surface area contributed by atoms with E-state index in [1.165, 1.54) is 4.90 Å². The number of hydrogen-bond donors (Lipinski definition) is 2. The van der Waals surface area contributed by atoms with Crippen molar-refractivity contribution in [2.75, 3.05) is 19.6 Å². The van der Waals surface area contributed by atoms with Crippen molar-refractivity contribution < 1.29 is 9.59 Å². The lowest BCUT2D eigenvalue weighted by Crippen LogP contribution is -2.42. The zero-order chi connectivity index (χ0) is 12.7. The lowest BCUT2D eigenvalue weighted by molar-refractivity contribution is -0.147. The summed E-state index contributed by atoms with van der Waals surface area (Å²) in [5.41, 5.74) is 5.55. The summed E-state index contributed by atoms with van der Waals surface area (Å²) in [6.07, 6.45) is 3.21. The summed E-state index contributed by atoms with van der Waals surface area (Å²) in [6.45, 7) is 4.70. The number of likely N-dealkylation sites (tertiary alicyclic amines) is 1. The van der Waals surface area contributed by atoms with Gasteiger partial charge in [-0.25, -0.2) is 0 Å². The lowest BCUT2D eigenvalue weighted by Gasteiger charge is -2.23. The summed E-state index contributed by atoms with van der Waals surface area (Å²) >= 11 is 0. The van der Waals surface area contributed by atoms with E-state index in [1.54, 1.807) is 6.08 Å². The molecular weight excluding hydrogens is 347 g/mol. The van der Waals surface area contributed by atoms with Crippen LogP contribution >= 0.6 is 24.0 Å². The molecule has 1 fully saturated rings. The molecule has 6 nitrogen and oxygen atoms in total. The van der Waals surface area contributed by atoms with Gasteiger partial charge in [0, 0.05) is 25.9 Å². The van der Waals surface area contributed by atoms with Crippen LogP contribution in [0.15, 0.2) is 17.6 Å². The quantitative estimate of drug-likeness (QED) is 0.240. The molecule has 7 heteroatoms. The first-order chi connectivity index (χ1) is 8.15. The molecule has 0 aliphatic carbocycles. The third-order valence-electron chi connectivity index (χ3n) is 2.42. The van der Waals surface area contributed by atoms with Gasteiger partial charge in [0.15, 0.2) is 5.96 Å². The number of halogens is 1. The second-order valence-corrected chi connectivity index (χ2v) is 3.73. The number of carbonyl (C=O) groups excluding carboxylic acids is 2. The maximum Gasteiger partial charge on any atom is 0.229 e. The Morgan fingerprint density at radius 2 is 2.06 bits per heavy atom. The summed E-state index contributed by atoms with van der Waals surface area (Å²) in [6, 6.07) is 0. The average molecular weight is 366 g/mol. The highest BCUT2D eigenvalue weighted by Crippen LogP contribution is 2.11. The molecule has 18 heavy (non-hydrogen) atoms. The average Bonchev–Trinajstić information content (AvgIpc) is 2.30. The maximum atomic E-state index is 11.4. The first kappa shape index (κ1) is 16.9. The lowest BCUT2D eigenvalue weighted by atomic mass is 10.1. The number of rotatable bonds is 5. The Morgan fingerprint density at radius 1 is 1.44 bits per heavy atom. The van der Waals surface area contributed by atoms with Crippen molar-refractivity contribution in [1.82, 2.24) is 10.2 Å². The summed E-state index contributed by atoms with van der Waals surface area (Å²) in [5, 5.41) is 2.81. The molecule has 102 valence electrons. The van der Waals surface area contributed by atoms with Crippen LogP contribution in [0.2, 0.25) is 0 Å². The van der Waals surface area contributed by atoms with E-state index in [2.05, 4.69) is 16.9 Å². The summed E-state index contributed by atoms with van der Waals surface area (Å²) in [5.74, 6) is 0.0601. The fourth-order valence-electron chi connectivity index (χ4n) is 1.55. The van der Waals surface area contributed by atoms with Crippen LogP contribution in [-0.2, 0) is 9.59 Å². The molecular formula is C11H19IN4O2. The molecule has 1 saturated heterocycles. The van der Waals surface area contributed by atoms with Gasteiger partial charge in [-0.15, -0.1) is 30.6 Å². The predicted octanol–water partition coefficient (Wildman–Crippen LogP) is 0.234. The van der Waals surface area contributed by atoms with Gasteiger partial charge in [0.25, 0.3) is 0 Å². The highest BCUT2D eigenvalue weighted by Gasteiger charge is 2.24. The fraction of sp³-hybridized carbons (Fsp3) is 0.545. The van der Waals surface area contributed by atoms with E-state index in [0.717, 1.165) is 0 Å². The van der Waals surface area contributed by atoms with E-state index in [0.29, 0.717) is 44.9 Å². The number of imide groups is 1. The zero-order valence-corrected chi connectivity index (χ0v) is 12.6. The van der Waals surface area contributed by atoms with Crippen molar-refractivity contribution in [3.63, 3.8) is 0 Å². The van der Waals surface area contributed by atoms with Crippen LogP contribution in [-0.4, -0.2) is 42.3 Å². The van der Waals surface area contributed by atoms with Crippen LogP contribution in [0.4, 0.5) is 0 Å². The van der Waals surface area contributed by atoms with Gasteiger partial charge in [0.1, 0.15) is 0 Å². The van der Waals surface area contributed by atoms with E-state index in [4.69, 9.17) is 5.73 Å². The number of nitrogens with two attached hydrogens (primary N) is 1. The van der Waals surface area contributed by atoms with Gasteiger partial charge < -0.3 is 11.1 Å². The molecule has 0 spiro atoms. The van der Waals surface area contributed by atoms with Crippen molar-refractivity contribution in [3.8, 4) is 0 Å². The van der Waals surface area contributed by atoms with E-state index in [-0.39, 0.29) is 35.8 Å². The third-order valence-corrected chi connectivity index (χ3v) is 2.42. The van der Waals surface area contributed by atoms with Crippen molar-refractivity contribution in [1.29, 1.82) is 0 Å². The largest absolute Gasteiger partial charge is 0.370 e. The summed E-state index contributed by atoms with van der Waals surface area (Å²) in [7, 11) is 0. The van der Waals surface area contributed by atoms with Gasteiger partial charge in [-0.2, -0.15) is 0 Å². The zero-order valence-electron chi connectivity index (χ0n) is 10.2. The van der Waals surface area contributed by atoms with E-state index < -0.39 is 0 Å². The number of amides is 2.